The van der Waals surface area contributed by atoms with Crippen LogP contribution in [-0.4, -0.2) is 32.2 Å². The molecule has 2 heterocycles. The first-order valence-electron chi connectivity index (χ1n) is 9.60. The number of pyridine rings is 2. The molecule has 0 atom stereocenters. The molecule has 0 amide bonds. The number of rotatable bonds is 2. The van der Waals surface area contributed by atoms with Crippen molar-refractivity contribution in [2.24, 2.45) is 11.5 Å². The van der Waals surface area contributed by atoms with Crippen molar-refractivity contribution in [3.63, 3.8) is 0 Å². The minimum absolute atomic E-state index is 0. The number of nitrogens with two attached hydrogens (primary N) is 2. The van der Waals surface area contributed by atoms with Crippen LogP contribution in [-0.2, 0) is 36.2 Å². The van der Waals surface area contributed by atoms with Crippen LogP contribution >= 0.6 is 0 Å². The molecule has 0 bridgehead atoms. The number of nitrogens with zero attached hydrogens (tertiary/aromatic N) is 4. The van der Waals surface area contributed by atoms with Crippen LogP contribution in [0.3, 0.4) is 0 Å². The van der Waals surface area contributed by atoms with E-state index in [1.807, 2.05) is 12.1 Å². The van der Waals surface area contributed by atoms with Crippen molar-refractivity contribution in [2.75, 3.05) is 0 Å². The van der Waals surface area contributed by atoms with Crippen molar-refractivity contribution in [1.29, 1.82) is 0 Å². The van der Waals surface area contributed by atoms with E-state index >= 15 is 0 Å². The number of hydrogen-bond acceptors (Lipinski definition) is 15. The summed E-state index contributed by atoms with van der Waals surface area (Å²) in [5, 5.41) is 56.3. The third-order valence-corrected chi connectivity index (χ3v) is 4.22. The molecular weight excluding hydrogens is 671 g/mol. The van der Waals surface area contributed by atoms with Gasteiger partial charge >= 0.3 is 21.1 Å². The Morgan fingerprint density at radius 2 is 1.03 bits per heavy atom. The first kappa shape index (κ1) is 35.0. The summed E-state index contributed by atoms with van der Waals surface area (Å²) in [5.41, 5.74) is 13.2. The van der Waals surface area contributed by atoms with E-state index in [0.717, 1.165) is 47.5 Å². The maximum atomic E-state index is 8.48. The maximum absolute atomic E-state index is 8.48. The van der Waals surface area contributed by atoms with Crippen LogP contribution in [0.1, 0.15) is 25.7 Å². The molecule has 4 rings (SSSR count). The molecule has 17 nitrogen and oxygen atoms in total. The normalized spacial score (nSPS) is 15.6. The quantitative estimate of drug-likeness (QED) is 0.154. The van der Waals surface area contributed by atoms with Crippen molar-refractivity contribution < 1.29 is 56.9 Å². The first-order chi connectivity index (χ1) is 16.6. The zero-order chi connectivity index (χ0) is 26.6. The molecule has 0 radical (unpaired) electrons. The van der Waals surface area contributed by atoms with Gasteiger partial charge in [-0.2, -0.15) is 0 Å². The van der Waals surface area contributed by atoms with Gasteiger partial charge < -0.3 is 52.6 Å². The molecule has 3 aromatic rings. The molecule has 0 spiro atoms. The summed E-state index contributed by atoms with van der Waals surface area (Å²) in [6.45, 7) is 0. The van der Waals surface area contributed by atoms with E-state index < -0.39 is 10.2 Å². The van der Waals surface area contributed by atoms with Crippen LogP contribution in [0.2, 0.25) is 0 Å². The summed E-state index contributed by atoms with van der Waals surface area (Å²) in [5.74, 6) is 0. The summed E-state index contributed by atoms with van der Waals surface area (Å²) in [6.07, 6.45) is 8.11. The Bertz CT molecular complexity index is 925. The van der Waals surface area contributed by atoms with Crippen LogP contribution in [0.15, 0.2) is 48.8 Å². The smallest absolute Gasteiger partial charge is 0.690 e. The summed E-state index contributed by atoms with van der Waals surface area (Å²) < 4.78 is 0. The fourth-order valence-corrected chi connectivity index (χ4v) is 2.84. The van der Waals surface area contributed by atoms with E-state index in [2.05, 4.69) is 49.3 Å². The SMILES string of the molecule is NC1CCC(N)CC1.O=[N+]([O-])[O-].O=[N+]([O-])[O-].[O-]OOO[O-].[Pt+4].c1cnc2c(c1)ccc1cccnc12. The molecule has 36 heavy (non-hydrogen) atoms. The van der Waals surface area contributed by atoms with Crippen molar-refractivity contribution in [3.05, 3.63) is 79.4 Å². The number of fused-ring (bicyclic) bond motifs is 3. The molecular formula is C18H22N6O11Pt. The van der Waals surface area contributed by atoms with Gasteiger partial charge in [-0.1, -0.05) is 29.3 Å². The van der Waals surface area contributed by atoms with Crippen molar-refractivity contribution in [2.45, 2.75) is 37.8 Å². The molecule has 4 N–H and O–H groups in total. The summed E-state index contributed by atoms with van der Waals surface area (Å²) in [6, 6.07) is 13.0. The van der Waals surface area contributed by atoms with Gasteiger partial charge in [-0.05, 0) is 37.8 Å². The Morgan fingerprint density at radius 3 is 1.28 bits per heavy atom. The fourth-order valence-electron chi connectivity index (χ4n) is 2.84. The van der Waals surface area contributed by atoms with Gasteiger partial charge in [0.1, 0.15) is 0 Å². The van der Waals surface area contributed by atoms with E-state index in [9.17, 15) is 0 Å². The molecule has 200 valence electrons. The second-order valence-electron chi connectivity index (χ2n) is 6.54. The van der Waals surface area contributed by atoms with Crippen LogP contribution in [0, 0.1) is 30.6 Å². The minimum atomic E-state index is -1.75. The van der Waals surface area contributed by atoms with Gasteiger partial charge in [0, 0.05) is 35.2 Å². The largest absolute Gasteiger partial charge is 4.00 e. The molecule has 18 heteroatoms. The van der Waals surface area contributed by atoms with Crippen molar-refractivity contribution in [3.8, 4) is 0 Å². The van der Waals surface area contributed by atoms with Crippen LogP contribution in [0.4, 0.5) is 0 Å². The van der Waals surface area contributed by atoms with Gasteiger partial charge in [0.2, 0.25) is 0 Å². The second kappa shape index (κ2) is 21.2. The Balaban J connectivity index is 0. The summed E-state index contributed by atoms with van der Waals surface area (Å²) in [7, 11) is 0. The zero-order valence-electron chi connectivity index (χ0n) is 18.4. The third kappa shape index (κ3) is 17.3. The molecule has 1 fully saturated rings. The Hall–Kier alpha value is -3.15. The topological polar surface area (TPSA) is 284 Å². The maximum Gasteiger partial charge on any atom is 4.00 e. The molecule has 1 aliphatic rings. The zero-order valence-corrected chi connectivity index (χ0v) is 20.6. The summed E-state index contributed by atoms with van der Waals surface area (Å²) >= 11 is 0. The van der Waals surface area contributed by atoms with Gasteiger partial charge in [0.05, 0.1) is 21.2 Å². The van der Waals surface area contributed by atoms with Crippen LogP contribution < -0.4 is 22.0 Å². The molecule has 1 aliphatic carbocycles. The molecule has 0 aliphatic heterocycles. The van der Waals surface area contributed by atoms with E-state index in [1.165, 1.54) is 0 Å². The summed E-state index contributed by atoms with van der Waals surface area (Å²) in [4.78, 5) is 25.2. The first-order valence-corrected chi connectivity index (χ1v) is 9.60. The van der Waals surface area contributed by atoms with Gasteiger partial charge in [0.15, 0.2) is 0 Å². The fraction of sp³-hybridized carbons (Fsp3) is 0.333. The predicted molar refractivity (Wildman–Crippen MR) is 115 cm³/mol. The molecule has 2 aromatic heterocycles. The van der Waals surface area contributed by atoms with Gasteiger partial charge in [-0.25, -0.2) is 0 Å². The molecule has 0 unspecified atom stereocenters. The predicted octanol–water partition coefficient (Wildman–Crippen LogP) is -0.0659. The number of benzene rings is 1. The molecule has 1 saturated carbocycles. The monoisotopic (exact) mass is 693 g/mol. The molecule has 0 saturated heterocycles. The number of aromatic nitrogens is 2. The third-order valence-electron chi connectivity index (χ3n) is 4.22. The van der Waals surface area contributed by atoms with E-state index in [-0.39, 0.29) is 21.1 Å². The second-order valence-corrected chi connectivity index (χ2v) is 6.54. The van der Waals surface area contributed by atoms with Gasteiger partial charge in [-0.3, -0.25) is 20.0 Å². The van der Waals surface area contributed by atoms with Crippen LogP contribution in [0.5, 0.6) is 0 Å². The van der Waals surface area contributed by atoms with E-state index in [1.54, 1.807) is 12.4 Å². The standard InChI is InChI=1S/C12H8N2.C6H14N2.2NO3.H2O5.Pt/c1-3-9-5-6-10-4-2-8-14-12(10)11(9)13-7-1;7-5-1-2-6(8)4-3-5;2*2-1(3)4;1-3-5-4-2;/h1-8H;5-6H,1-4,7-8H2;;;1-2H;/q;;2*-1;;+4/p-2. The average molecular weight is 693 g/mol. The molecule has 1 aromatic carbocycles. The van der Waals surface area contributed by atoms with Crippen molar-refractivity contribution in [1.82, 2.24) is 9.97 Å². The Labute approximate surface area is 217 Å². The van der Waals surface area contributed by atoms with E-state index in [0.29, 0.717) is 12.1 Å². The minimum Gasteiger partial charge on any atom is -0.690 e. The number of hydrogen-bond donors (Lipinski definition) is 2. The van der Waals surface area contributed by atoms with Gasteiger partial charge in [-0.15, -0.1) is 0 Å². The average Bonchev–Trinajstić information content (AvgIpc) is 2.82. The van der Waals surface area contributed by atoms with Gasteiger partial charge in [0.25, 0.3) is 0 Å². The Kier molecular flexibility index (Phi) is 20.6. The van der Waals surface area contributed by atoms with Crippen LogP contribution in [0.25, 0.3) is 21.8 Å². The van der Waals surface area contributed by atoms with E-state index in [4.69, 9.17) is 52.6 Å². The van der Waals surface area contributed by atoms with Crippen molar-refractivity contribution >= 4 is 21.8 Å². The Morgan fingerprint density at radius 1 is 0.722 bits per heavy atom.